The number of benzene rings is 3. The van der Waals surface area contributed by atoms with Crippen LogP contribution in [0.15, 0.2) is 71.6 Å². The highest BCUT2D eigenvalue weighted by Crippen LogP contribution is 2.33. The zero-order valence-electron chi connectivity index (χ0n) is 18.4. The first-order valence-electron chi connectivity index (χ1n) is 10.9. The number of anilines is 3. The molecule has 8 heteroatoms. The smallest absolute Gasteiger partial charge is 0.255 e. The summed E-state index contributed by atoms with van der Waals surface area (Å²) >= 11 is 1.38. The summed E-state index contributed by atoms with van der Waals surface area (Å²) in [5.41, 5.74) is 3.63. The molecule has 172 valence electrons. The number of nitriles is 1. The standard InChI is InChI=1S/C26H23FN4O2S/c27-19-12-10-18(11-13-19)26(33)30-21-7-3-8-23-20(21)5-4-15-31(23)17-25(32)29-22-6-1-2-9-24(22)34-16-14-28/h1-3,6-13H,4-5,15-17H2,(H,29,32)(H,30,33). The fourth-order valence-electron chi connectivity index (χ4n) is 3.95. The summed E-state index contributed by atoms with van der Waals surface area (Å²) in [6.45, 7) is 0.889. The Morgan fingerprint density at radius 3 is 2.56 bits per heavy atom. The lowest BCUT2D eigenvalue weighted by atomic mass is 9.99. The number of nitrogens with zero attached hydrogens (tertiary/aromatic N) is 2. The van der Waals surface area contributed by atoms with Crippen LogP contribution in [0.1, 0.15) is 22.3 Å². The largest absolute Gasteiger partial charge is 0.362 e. The van der Waals surface area contributed by atoms with Crippen LogP contribution in [0.4, 0.5) is 21.5 Å². The molecule has 0 unspecified atom stereocenters. The van der Waals surface area contributed by atoms with Gasteiger partial charge in [-0.05, 0) is 66.9 Å². The molecule has 0 bridgehead atoms. The second-order valence-corrected chi connectivity index (χ2v) is 8.80. The molecule has 3 aromatic carbocycles. The quantitative estimate of drug-likeness (QED) is 0.466. The summed E-state index contributed by atoms with van der Waals surface area (Å²) < 4.78 is 13.2. The van der Waals surface area contributed by atoms with Gasteiger partial charge in [-0.2, -0.15) is 5.26 Å². The first kappa shape index (κ1) is 23.3. The van der Waals surface area contributed by atoms with E-state index >= 15 is 0 Å². The van der Waals surface area contributed by atoms with Crippen molar-refractivity contribution in [2.75, 3.05) is 34.4 Å². The Morgan fingerprint density at radius 1 is 1.00 bits per heavy atom. The molecular weight excluding hydrogens is 451 g/mol. The molecule has 2 N–H and O–H groups in total. The summed E-state index contributed by atoms with van der Waals surface area (Å²) in [5.74, 6) is -0.555. The highest BCUT2D eigenvalue weighted by Gasteiger charge is 2.22. The molecule has 0 spiro atoms. The third kappa shape index (κ3) is 5.56. The molecule has 3 aromatic rings. The Bertz CT molecular complexity index is 1240. The first-order chi connectivity index (χ1) is 16.5. The maximum atomic E-state index is 13.2. The molecule has 0 saturated heterocycles. The van der Waals surface area contributed by atoms with Gasteiger partial charge in [0, 0.05) is 28.4 Å². The van der Waals surface area contributed by atoms with E-state index in [0.29, 0.717) is 22.7 Å². The Balaban J connectivity index is 1.47. The average molecular weight is 475 g/mol. The summed E-state index contributed by atoms with van der Waals surface area (Å²) in [5, 5.41) is 14.7. The zero-order valence-corrected chi connectivity index (χ0v) is 19.2. The van der Waals surface area contributed by atoms with Crippen molar-refractivity contribution in [3.8, 4) is 6.07 Å². The molecule has 2 amide bonds. The van der Waals surface area contributed by atoms with E-state index in [2.05, 4.69) is 16.7 Å². The van der Waals surface area contributed by atoms with Crippen molar-refractivity contribution in [1.82, 2.24) is 0 Å². The maximum absolute atomic E-state index is 13.2. The van der Waals surface area contributed by atoms with E-state index in [9.17, 15) is 14.0 Å². The molecule has 0 saturated carbocycles. The number of hydrogen-bond acceptors (Lipinski definition) is 5. The molecule has 34 heavy (non-hydrogen) atoms. The molecule has 0 aliphatic carbocycles. The van der Waals surface area contributed by atoms with Crippen LogP contribution >= 0.6 is 11.8 Å². The van der Waals surface area contributed by atoms with Crippen LogP contribution in [0, 0.1) is 17.1 Å². The van der Waals surface area contributed by atoms with E-state index in [1.54, 1.807) is 0 Å². The van der Waals surface area contributed by atoms with Gasteiger partial charge in [-0.15, -0.1) is 11.8 Å². The predicted octanol–water partition coefficient (Wildman–Crippen LogP) is 5.08. The number of thioether (sulfide) groups is 1. The Kier molecular flexibility index (Phi) is 7.45. The number of rotatable bonds is 7. The van der Waals surface area contributed by atoms with Gasteiger partial charge in [0.1, 0.15) is 5.82 Å². The van der Waals surface area contributed by atoms with Crippen molar-refractivity contribution < 1.29 is 14.0 Å². The number of fused-ring (bicyclic) bond motifs is 1. The second kappa shape index (κ2) is 10.9. The van der Waals surface area contributed by atoms with Gasteiger partial charge >= 0.3 is 0 Å². The normalized spacial score (nSPS) is 12.4. The SMILES string of the molecule is N#CCSc1ccccc1NC(=O)CN1CCCc2c(NC(=O)c3ccc(F)cc3)cccc21. The van der Waals surface area contributed by atoms with Gasteiger partial charge in [0.15, 0.2) is 0 Å². The molecule has 0 aromatic heterocycles. The lowest BCUT2D eigenvalue weighted by molar-refractivity contribution is -0.115. The molecule has 0 atom stereocenters. The first-order valence-corrected chi connectivity index (χ1v) is 11.9. The van der Waals surface area contributed by atoms with Crippen LogP contribution in [0.5, 0.6) is 0 Å². The second-order valence-electron chi connectivity index (χ2n) is 7.78. The van der Waals surface area contributed by atoms with Gasteiger partial charge in [-0.3, -0.25) is 9.59 Å². The monoisotopic (exact) mass is 474 g/mol. The predicted molar refractivity (Wildman–Crippen MR) is 133 cm³/mol. The molecule has 1 aliphatic rings. The summed E-state index contributed by atoms with van der Waals surface area (Å²) in [7, 11) is 0. The third-order valence-electron chi connectivity index (χ3n) is 5.49. The highest BCUT2D eigenvalue weighted by atomic mass is 32.2. The van der Waals surface area contributed by atoms with Gasteiger partial charge < -0.3 is 15.5 Å². The number of carbonyl (C=O) groups is 2. The number of hydrogen-bond donors (Lipinski definition) is 2. The van der Waals surface area contributed by atoms with Crippen LogP contribution in [0.2, 0.25) is 0 Å². The molecule has 6 nitrogen and oxygen atoms in total. The molecule has 4 rings (SSSR count). The maximum Gasteiger partial charge on any atom is 0.255 e. The lowest BCUT2D eigenvalue weighted by Gasteiger charge is -2.32. The number of halogens is 1. The number of para-hydroxylation sites is 1. The number of nitrogens with one attached hydrogen (secondary N) is 2. The Morgan fingerprint density at radius 2 is 1.76 bits per heavy atom. The van der Waals surface area contributed by atoms with Gasteiger partial charge in [0.05, 0.1) is 24.1 Å². The van der Waals surface area contributed by atoms with E-state index in [1.165, 1.54) is 36.0 Å². The van der Waals surface area contributed by atoms with Crippen molar-refractivity contribution in [2.24, 2.45) is 0 Å². The molecule has 0 fully saturated rings. The van der Waals surface area contributed by atoms with Gasteiger partial charge in [0.2, 0.25) is 5.91 Å². The number of carbonyl (C=O) groups excluding carboxylic acids is 2. The molecular formula is C26H23FN4O2S. The van der Waals surface area contributed by atoms with E-state index in [0.717, 1.165) is 35.5 Å². The topological polar surface area (TPSA) is 85.2 Å². The minimum Gasteiger partial charge on any atom is -0.362 e. The van der Waals surface area contributed by atoms with Crippen LogP contribution in [-0.4, -0.2) is 30.7 Å². The van der Waals surface area contributed by atoms with E-state index in [1.807, 2.05) is 47.4 Å². The van der Waals surface area contributed by atoms with Crippen LogP contribution in [0.25, 0.3) is 0 Å². The van der Waals surface area contributed by atoms with Gasteiger partial charge in [0.25, 0.3) is 5.91 Å². The summed E-state index contributed by atoms with van der Waals surface area (Å²) in [4.78, 5) is 28.4. The molecule has 1 heterocycles. The van der Waals surface area contributed by atoms with Crippen molar-refractivity contribution in [3.05, 3.63) is 83.7 Å². The summed E-state index contributed by atoms with van der Waals surface area (Å²) in [6, 6.07) is 20.6. The van der Waals surface area contributed by atoms with Crippen LogP contribution in [0.3, 0.4) is 0 Å². The van der Waals surface area contributed by atoms with E-state index in [-0.39, 0.29) is 18.4 Å². The van der Waals surface area contributed by atoms with Crippen molar-refractivity contribution in [2.45, 2.75) is 17.7 Å². The summed E-state index contributed by atoms with van der Waals surface area (Å²) in [6.07, 6.45) is 1.62. The fourth-order valence-corrected chi connectivity index (χ4v) is 4.62. The Hall–Kier alpha value is -3.83. The van der Waals surface area contributed by atoms with Crippen molar-refractivity contribution in [3.63, 3.8) is 0 Å². The van der Waals surface area contributed by atoms with Crippen LogP contribution in [-0.2, 0) is 11.2 Å². The van der Waals surface area contributed by atoms with E-state index < -0.39 is 5.82 Å². The Labute approximate surface area is 201 Å². The third-order valence-corrected chi connectivity index (χ3v) is 6.43. The van der Waals surface area contributed by atoms with Gasteiger partial charge in [-0.1, -0.05) is 18.2 Å². The fraction of sp³-hybridized carbons (Fsp3) is 0.192. The number of amides is 2. The highest BCUT2D eigenvalue weighted by molar-refractivity contribution is 7.99. The van der Waals surface area contributed by atoms with Gasteiger partial charge in [-0.25, -0.2) is 4.39 Å². The lowest BCUT2D eigenvalue weighted by Crippen LogP contribution is -2.37. The van der Waals surface area contributed by atoms with Crippen molar-refractivity contribution in [1.29, 1.82) is 5.26 Å². The molecule has 1 aliphatic heterocycles. The molecule has 0 radical (unpaired) electrons. The van der Waals surface area contributed by atoms with E-state index in [4.69, 9.17) is 5.26 Å². The minimum absolute atomic E-state index is 0.154. The minimum atomic E-state index is -0.395. The van der Waals surface area contributed by atoms with Crippen molar-refractivity contribution >= 4 is 40.6 Å². The van der Waals surface area contributed by atoms with Crippen LogP contribution < -0.4 is 15.5 Å². The zero-order chi connectivity index (χ0) is 23.9. The average Bonchev–Trinajstić information content (AvgIpc) is 2.84.